The fraction of sp³-hybridized carbons (Fsp3) is 0.588. The molecule has 1 saturated carbocycles. The Morgan fingerprint density at radius 3 is 2.80 bits per heavy atom. The molecule has 2 N–H and O–H groups in total. The molecule has 20 heavy (non-hydrogen) atoms. The summed E-state index contributed by atoms with van der Waals surface area (Å²) >= 11 is 0. The van der Waals surface area contributed by atoms with Gasteiger partial charge in [0, 0.05) is 6.54 Å². The van der Waals surface area contributed by atoms with E-state index in [4.69, 9.17) is 0 Å². The number of hydrogen-bond acceptors (Lipinski definition) is 2. The Hall–Kier alpha value is -1.35. The molecule has 0 radical (unpaired) electrons. The van der Waals surface area contributed by atoms with Crippen molar-refractivity contribution >= 4 is 5.91 Å². The van der Waals surface area contributed by atoms with Crippen molar-refractivity contribution in [1.82, 2.24) is 10.6 Å². The Labute approximate surface area is 122 Å². The summed E-state index contributed by atoms with van der Waals surface area (Å²) in [6.07, 6.45) is 5.32. The Balaban J connectivity index is 1.58. The fourth-order valence-electron chi connectivity index (χ4n) is 2.99. The maximum Gasteiger partial charge on any atom is 0.234 e. The van der Waals surface area contributed by atoms with Gasteiger partial charge < -0.3 is 10.6 Å². The minimum atomic E-state index is 0.0812. The number of carbonyl (C=O) groups excluding carboxylic acids is 1. The largest absolute Gasteiger partial charge is 0.351 e. The van der Waals surface area contributed by atoms with Gasteiger partial charge in [-0.05, 0) is 36.8 Å². The van der Waals surface area contributed by atoms with Crippen molar-refractivity contribution in [3.8, 4) is 0 Å². The lowest BCUT2D eigenvalue weighted by atomic mass is 9.82. The van der Waals surface area contributed by atoms with Crippen molar-refractivity contribution in [1.29, 1.82) is 0 Å². The van der Waals surface area contributed by atoms with Crippen molar-refractivity contribution in [2.75, 3.05) is 13.1 Å². The first-order chi connectivity index (χ1) is 9.74. The van der Waals surface area contributed by atoms with Crippen LogP contribution in [0.1, 0.15) is 38.2 Å². The summed E-state index contributed by atoms with van der Waals surface area (Å²) in [6.45, 7) is 4.35. The van der Waals surface area contributed by atoms with Crippen molar-refractivity contribution < 1.29 is 4.79 Å². The lowest BCUT2D eigenvalue weighted by molar-refractivity contribution is -0.120. The average Bonchev–Trinajstić information content (AvgIpc) is 2.46. The summed E-state index contributed by atoms with van der Waals surface area (Å²) in [5.41, 5.74) is 1.14. The molecule has 2 unspecified atom stereocenters. The second-order valence-corrected chi connectivity index (χ2v) is 6.03. The molecule has 0 heterocycles. The first-order valence-electron chi connectivity index (χ1n) is 7.75. The molecule has 1 fully saturated rings. The van der Waals surface area contributed by atoms with Crippen LogP contribution < -0.4 is 10.6 Å². The second-order valence-electron chi connectivity index (χ2n) is 6.03. The predicted molar refractivity (Wildman–Crippen MR) is 82.3 cm³/mol. The molecule has 1 amide bonds. The van der Waals surface area contributed by atoms with Crippen LogP contribution in [0.4, 0.5) is 0 Å². The highest BCUT2D eigenvalue weighted by atomic mass is 16.1. The standard InChI is InChI=1S/C17H26N2O/c1-14-6-5-9-16(10-14)11-18-13-17(20)19-12-15-7-3-2-4-8-15/h2-4,7-8,14,16,18H,5-6,9-13H2,1H3,(H,19,20). The van der Waals surface area contributed by atoms with Crippen LogP contribution in [-0.4, -0.2) is 19.0 Å². The number of nitrogens with one attached hydrogen (secondary N) is 2. The zero-order valence-electron chi connectivity index (χ0n) is 12.4. The fourth-order valence-corrected chi connectivity index (χ4v) is 2.99. The monoisotopic (exact) mass is 274 g/mol. The van der Waals surface area contributed by atoms with E-state index >= 15 is 0 Å². The van der Waals surface area contributed by atoms with Crippen LogP contribution in [0, 0.1) is 11.8 Å². The molecule has 1 aromatic rings. The summed E-state index contributed by atoms with van der Waals surface area (Å²) < 4.78 is 0. The van der Waals surface area contributed by atoms with E-state index in [2.05, 4.69) is 17.6 Å². The summed E-state index contributed by atoms with van der Waals surface area (Å²) in [4.78, 5) is 11.7. The molecule has 0 saturated heterocycles. The third-order valence-corrected chi connectivity index (χ3v) is 4.10. The van der Waals surface area contributed by atoms with Crippen LogP contribution in [0.15, 0.2) is 30.3 Å². The third kappa shape index (κ3) is 5.33. The van der Waals surface area contributed by atoms with Crippen molar-refractivity contribution in [3.63, 3.8) is 0 Å². The van der Waals surface area contributed by atoms with Gasteiger partial charge in [0.2, 0.25) is 5.91 Å². The normalized spacial score (nSPS) is 22.4. The van der Waals surface area contributed by atoms with Crippen LogP contribution in [0.25, 0.3) is 0 Å². The van der Waals surface area contributed by atoms with E-state index in [1.807, 2.05) is 30.3 Å². The van der Waals surface area contributed by atoms with Gasteiger partial charge in [-0.25, -0.2) is 0 Å². The molecule has 0 bridgehead atoms. The third-order valence-electron chi connectivity index (χ3n) is 4.10. The van der Waals surface area contributed by atoms with E-state index in [1.54, 1.807) is 0 Å². The molecular formula is C17H26N2O. The molecule has 1 aliphatic rings. The minimum Gasteiger partial charge on any atom is -0.351 e. The second kappa shape index (κ2) is 8.05. The minimum absolute atomic E-state index is 0.0812. The van der Waals surface area contributed by atoms with Crippen LogP contribution >= 0.6 is 0 Å². The average molecular weight is 274 g/mol. The summed E-state index contributed by atoms with van der Waals surface area (Å²) in [5.74, 6) is 1.68. The first kappa shape index (κ1) is 15.0. The van der Waals surface area contributed by atoms with Gasteiger partial charge >= 0.3 is 0 Å². The van der Waals surface area contributed by atoms with E-state index in [1.165, 1.54) is 25.7 Å². The highest BCUT2D eigenvalue weighted by molar-refractivity contribution is 5.77. The Bertz CT molecular complexity index is 405. The highest BCUT2D eigenvalue weighted by Gasteiger charge is 2.18. The molecule has 0 aliphatic heterocycles. The molecule has 110 valence electrons. The van der Waals surface area contributed by atoms with Crippen molar-refractivity contribution in [2.24, 2.45) is 11.8 Å². The number of carbonyl (C=O) groups is 1. The van der Waals surface area contributed by atoms with Gasteiger partial charge in [-0.3, -0.25) is 4.79 Å². The van der Waals surface area contributed by atoms with Gasteiger partial charge in [0.15, 0.2) is 0 Å². The topological polar surface area (TPSA) is 41.1 Å². The van der Waals surface area contributed by atoms with E-state index in [-0.39, 0.29) is 5.91 Å². The molecule has 3 heteroatoms. The maximum atomic E-state index is 11.7. The molecule has 0 aromatic heterocycles. The molecule has 2 atom stereocenters. The van der Waals surface area contributed by atoms with Gasteiger partial charge in [-0.2, -0.15) is 0 Å². The number of amides is 1. The van der Waals surface area contributed by atoms with E-state index < -0.39 is 0 Å². The smallest absolute Gasteiger partial charge is 0.234 e. The van der Waals surface area contributed by atoms with Crippen LogP contribution in [0.2, 0.25) is 0 Å². The quantitative estimate of drug-likeness (QED) is 0.837. The van der Waals surface area contributed by atoms with Gasteiger partial charge in [0.1, 0.15) is 0 Å². The van der Waals surface area contributed by atoms with Crippen LogP contribution in [0.5, 0.6) is 0 Å². The lowest BCUT2D eigenvalue weighted by Crippen LogP contribution is -2.36. The highest BCUT2D eigenvalue weighted by Crippen LogP contribution is 2.27. The molecule has 0 spiro atoms. The SMILES string of the molecule is CC1CCCC(CNCC(=O)NCc2ccccc2)C1. The van der Waals surface area contributed by atoms with Gasteiger partial charge in [-0.1, -0.05) is 50.1 Å². The van der Waals surface area contributed by atoms with Crippen LogP contribution in [-0.2, 0) is 11.3 Å². The molecular weight excluding hydrogens is 248 g/mol. The van der Waals surface area contributed by atoms with Gasteiger partial charge in [-0.15, -0.1) is 0 Å². The zero-order valence-corrected chi connectivity index (χ0v) is 12.4. The van der Waals surface area contributed by atoms with Gasteiger partial charge in [0.05, 0.1) is 6.54 Å². The predicted octanol–water partition coefficient (Wildman–Crippen LogP) is 2.72. The van der Waals surface area contributed by atoms with E-state index in [0.717, 1.165) is 23.9 Å². The van der Waals surface area contributed by atoms with Crippen molar-refractivity contribution in [3.05, 3.63) is 35.9 Å². The lowest BCUT2D eigenvalue weighted by Gasteiger charge is -2.26. The molecule has 1 aromatic carbocycles. The maximum absolute atomic E-state index is 11.7. The van der Waals surface area contributed by atoms with Crippen LogP contribution in [0.3, 0.4) is 0 Å². The number of benzene rings is 1. The summed E-state index contributed by atoms with van der Waals surface area (Å²) in [5, 5.41) is 6.24. The molecule has 2 rings (SSSR count). The number of hydrogen-bond donors (Lipinski definition) is 2. The van der Waals surface area contributed by atoms with Crippen molar-refractivity contribution in [2.45, 2.75) is 39.2 Å². The van der Waals surface area contributed by atoms with E-state index in [9.17, 15) is 4.79 Å². The number of rotatable bonds is 6. The molecule has 3 nitrogen and oxygen atoms in total. The van der Waals surface area contributed by atoms with E-state index in [0.29, 0.717) is 13.1 Å². The summed E-state index contributed by atoms with van der Waals surface area (Å²) in [7, 11) is 0. The Morgan fingerprint density at radius 2 is 2.05 bits per heavy atom. The zero-order chi connectivity index (χ0) is 14.2. The summed E-state index contributed by atoms with van der Waals surface area (Å²) in [6, 6.07) is 10.0. The van der Waals surface area contributed by atoms with Gasteiger partial charge in [0.25, 0.3) is 0 Å². The first-order valence-corrected chi connectivity index (χ1v) is 7.75. The molecule has 1 aliphatic carbocycles. The Kier molecular flexibility index (Phi) is 6.06. The Morgan fingerprint density at radius 1 is 1.25 bits per heavy atom.